The minimum Gasteiger partial charge on any atom is -0.456 e. The Labute approximate surface area is 118 Å². The van der Waals surface area contributed by atoms with Gasteiger partial charge in [0, 0.05) is 5.69 Å². The molecule has 2 aromatic rings. The molecule has 0 saturated carbocycles. The van der Waals surface area contributed by atoms with Gasteiger partial charge in [0.1, 0.15) is 22.9 Å². The first-order valence-electron chi connectivity index (χ1n) is 5.84. The number of anilines is 1. The largest absolute Gasteiger partial charge is 0.456 e. The van der Waals surface area contributed by atoms with Gasteiger partial charge in [0.25, 0.3) is 12.3 Å². The predicted molar refractivity (Wildman–Crippen MR) is 70.8 cm³/mol. The summed E-state index contributed by atoms with van der Waals surface area (Å²) in [7, 11) is 0. The van der Waals surface area contributed by atoms with Crippen molar-refractivity contribution in [1.82, 2.24) is 0 Å². The van der Waals surface area contributed by atoms with Gasteiger partial charge < -0.3 is 16.2 Å². The van der Waals surface area contributed by atoms with Crippen molar-refractivity contribution in [3.63, 3.8) is 0 Å². The minimum absolute atomic E-state index is 0.131. The van der Waals surface area contributed by atoms with Crippen LogP contribution in [0.3, 0.4) is 0 Å². The Kier molecular flexibility index (Phi) is 4.02. The fourth-order valence-electron chi connectivity index (χ4n) is 1.78. The molecule has 0 spiro atoms. The SMILES string of the molecule is NC(=O)c1c(F)cccc1Oc1ccc(N)cc1C(F)F. The Morgan fingerprint density at radius 2 is 1.86 bits per heavy atom. The third-order valence-corrected chi connectivity index (χ3v) is 2.71. The van der Waals surface area contributed by atoms with E-state index in [-0.39, 0.29) is 17.2 Å². The summed E-state index contributed by atoms with van der Waals surface area (Å²) in [5, 5.41) is 0. The highest BCUT2D eigenvalue weighted by molar-refractivity contribution is 5.96. The number of hydrogen-bond donors (Lipinski definition) is 2. The zero-order chi connectivity index (χ0) is 15.6. The van der Waals surface area contributed by atoms with Crippen molar-refractivity contribution >= 4 is 11.6 Å². The Morgan fingerprint density at radius 1 is 1.14 bits per heavy atom. The van der Waals surface area contributed by atoms with E-state index in [1.165, 1.54) is 24.3 Å². The van der Waals surface area contributed by atoms with Gasteiger partial charge in [-0.1, -0.05) is 6.07 Å². The van der Waals surface area contributed by atoms with E-state index in [1.54, 1.807) is 0 Å². The molecule has 0 fully saturated rings. The van der Waals surface area contributed by atoms with Crippen LogP contribution in [0.1, 0.15) is 22.3 Å². The number of amides is 1. The second kappa shape index (κ2) is 5.74. The summed E-state index contributed by atoms with van der Waals surface area (Å²) in [5.41, 5.74) is 9.67. The summed E-state index contributed by atoms with van der Waals surface area (Å²) in [6, 6.07) is 7.16. The van der Waals surface area contributed by atoms with Crippen LogP contribution in [0.25, 0.3) is 0 Å². The second-order valence-corrected chi connectivity index (χ2v) is 4.18. The lowest BCUT2D eigenvalue weighted by Gasteiger charge is -2.13. The van der Waals surface area contributed by atoms with Gasteiger partial charge in [0.05, 0.1) is 5.56 Å². The summed E-state index contributed by atoms with van der Waals surface area (Å²) in [6.45, 7) is 0. The molecular weight excluding hydrogens is 285 g/mol. The predicted octanol–water partition coefficient (Wildman–Crippen LogP) is 3.24. The minimum atomic E-state index is -2.84. The summed E-state index contributed by atoms with van der Waals surface area (Å²) in [5.74, 6) is -2.42. The van der Waals surface area contributed by atoms with Crippen LogP contribution in [0.15, 0.2) is 36.4 Å². The quantitative estimate of drug-likeness (QED) is 0.850. The zero-order valence-corrected chi connectivity index (χ0v) is 10.6. The van der Waals surface area contributed by atoms with E-state index in [0.717, 1.165) is 12.1 Å². The number of nitrogen functional groups attached to an aromatic ring is 1. The number of rotatable bonds is 4. The van der Waals surface area contributed by atoms with Gasteiger partial charge in [-0.25, -0.2) is 13.2 Å². The Hall–Kier alpha value is -2.70. The van der Waals surface area contributed by atoms with Crippen molar-refractivity contribution in [2.75, 3.05) is 5.73 Å². The van der Waals surface area contributed by atoms with Crippen molar-refractivity contribution in [3.8, 4) is 11.5 Å². The van der Waals surface area contributed by atoms with Crippen molar-refractivity contribution in [1.29, 1.82) is 0 Å². The average Bonchev–Trinajstić information content (AvgIpc) is 2.40. The van der Waals surface area contributed by atoms with Gasteiger partial charge in [-0.15, -0.1) is 0 Å². The van der Waals surface area contributed by atoms with Crippen molar-refractivity contribution in [3.05, 3.63) is 53.3 Å². The number of benzene rings is 2. The van der Waals surface area contributed by atoms with E-state index in [2.05, 4.69) is 0 Å². The number of ether oxygens (including phenoxy) is 1. The molecule has 0 unspecified atom stereocenters. The molecule has 2 rings (SSSR count). The molecule has 0 bridgehead atoms. The van der Waals surface area contributed by atoms with Crippen LogP contribution in [0.4, 0.5) is 18.9 Å². The first kappa shape index (κ1) is 14.7. The molecular formula is C14H11F3N2O2. The smallest absolute Gasteiger partial charge is 0.267 e. The maximum Gasteiger partial charge on any atom is 0.267 e. The summed E-state index contributed by atoms with van der Waals surface area (Å²) < 4.78 is 44.7. The van der Waals surface area contributed by atoms with E-state index < -0.39 is 29.3 Å². The molecule has 21 heavy (non-hydrogen) atoms. The molecule has 0 aliphatic rings. The highest BCUT2D eigenvalue weighted by Gasteiger charge is 2.19. The summed E-state index contributed by atoms with van der Waals surface area (Å²) >= 11 is 0. The molecule has 0 atom stereocenters. The normalized spacial score (nSPS) is 10.7. The molecule has 2 aromatic carbocycles. The van der Waals surface area contributed by atoms with Gasteiger partial charge in [-0.3, -0.25) is 4.79 Å². The second-order valence-electron chi connectivity index (χ2n) is 4.18. The number of primary amides is 1. The molecule has 0 radical (unpaired) electrons. The fourth-order valence-corrected chi connectivity index (χ4v) is 1.78. The molecule has 0 aliphatic carbocycles. The standard InChI is InChI=1S/C14H11F3N2O2/c15-9-2-1-3-11(12(9)14(19)20)21-10-5-4-7(18)6-8(10)13(16)17/h1-6,13H,18H2,(H2,19,20). The fraction of sp³-hybridized carbons (Fsp3) is 0.0714. The topological polar surface area (TPSA) is 78.3 Å². The van der Waals surface area contributed by atoms with Gasteiger partial charge in [-0.2, -0.15) is 0 Å². The Bertz CT molecular complexity index is 690. The molecule has 7 heteroatoms. The third kappa shape index (κ3) is 3.07. The number of nitrogens with two attached hydrogens (primary N) is 2. The van der Waals surface area contributed by atoms with Gasteiger partial charge >= 0.3 is 0 Å². The third-order valence-electron chi connectivity index (χ3n) is 2.71. The first-order chi connectivity index (χ1) is 9.90. The number of carbonyl (C=O) groups excluding carboxylic acids is 1. The van der Waals surface area contributed by atoms with Crippen LogP contribution < -0.4 is 16.2 Å². The van der Waals surface area contributed by atoms with Crippen LogP contribution >= 0.6 is 0 Å². The lowest BCUT2D eigenvalue weighted by atomic mass is 10.1. The lowest BCUT2D eigenvalue weighted by molar-refractivity contribution is 0.0994. The van der Waals surface area contributed by atoms with Crippen molar-refractivity contribution in [2.45, 2.75) is 6.43 Å². The van der Waals surface area contributed by atoms with E-state index >= 15 is 0 Å². The van der Waals surface area contributed by atoms with Crippen LogP contribution in [0.2, 0.25) is 0 Å². The summed E-state index contributed by atoms with van der Waals surface area (Å²) in [4.78, 5) is 11.2. The molecule has 4 nitrogen and oxygen atoms in total. The van der Waals surface area contributed by atoms with Crippen LogP contribution in [0, 0.1) is 5.82 Å². The van der Waals surface area contributed by atoms with E-state index in [1.807, 2.05) is 0 Å². The molecule has 4 N–H and O–H groups in total. The number of hydrogen-bond acceptors (Lipinski definition) is 3. The monoisotopic (exact) mass is 296 g/mol. The van der Waals surface area contributed by atoms with Crippen molar-refractivity contribution < 1.29 is 22.7 Å². The van der Waals surface area contributed by atoms with Gasteiger partial charge in [-0.05, 0) is 30.3 Å². The Morgan fingerprint density at radius 3 is 2.48 bits per heavy atom. The highest BCUT2D eigenvalue weighted by Crippen LogP contribution is 2.35. The summed E-state index contributed by atoms with van der Waals surface area (Å²) in [6.07, 6.45) is -2.84. The molecule has 110 valence electrons. The van der Waals surface area contributed by atoms with Gasteiger partial charge in [0.2, 0.25) is 0 Å². The molecule has 1 amide bonds. The number of halogens is 3. The van der Waals surface area contributed by atoms with E-state index in [0.29, 0.717) is 0 Å². The molecule has 0 saturated heterocycles. The first-order valence-corrected chi connectivity index (χ1v) is 5.84. The maximum absolute atomic E-state index is 13.6. The molecule has 0 aromatic heterocycles. The number of alkyl halides is 2. The van der Waals surface area contributed by atoms with Gasteiger partial charge in [0.15, 0.2) is 0 Å². The highest BCUT2D eigenvalue weighted by atomic mass is 19.3. The lowest BCUT2D eigenvalue weighted by Crippen LogP contribution is -2.14. The van der Waals surface area contributed by atoms with Crippen LogP contribution in [-0.2, 0) is 0 Å². The molecule has 0 heterocycles. The number of carbonyl (C=O) groups is 1. The molecule has 0 aliphatic heterocycles. The average molecular weight is 296 g/mol. The van der Waals surface area contributed by atoms with E-state index in [4.69, 9.17) is 16.2 Å². The zero-order valence-electron chi connectivity index (χ0n) is 10.6. The van der Waals surface area contributed by atoms with Crippen LogP contribution in [-0.4, -0.2) is 5.91 Å². The maximum atomic E-state index is 13.6. The Balaban J connectivity index is 2.49. The van der Waals surface area contributed by atoms with Crippen molar-refractivity contribution in [2.24, 2.45) is 5.73 Å². The van der Waals surface area contributed by atoms with E-state index in [9.17, 15) is 18.0 Å². The van der Waals surface area contributed by atoms with Crippen LogP contribution in [0.5, 0.6) is 11.5 Å².